The van der Waals surface area contributed by atoms with Gasteiger partial charge in [-0.3, -0.25) is 9.29 Å². The zero-order valence-corrected chi connectivity index (χ0v) is 19.7. The van der Waals surface area contributed by atoms with Crippen LogP contribution >= 0.6 is 0 Å². The highest BCUT2D eigenvalue weighted by molar-refractivity contribution is 5.38. The van der Waals surface area contributed by atoms with Crippen LogP contribution in [0, 0.1) is 5.82 Å². The van der Waals surface area contributed by atoms with Gasteiger partial charge in [-0.05, 0) is 35.1 Å². The second-order valence-corrected chi connectivity index (χ2v) is 9.19. The molecule has 0 aliphatic carbocycles. The van der Waals surface area contributed by atoms with Gasteiger partial charge in [0.1, 0.15) is 12.5 Å². The lowest BCUT2D eigenvalue weighted by Crippen LogP contribution is -2.61. The van der Waals surface area contributed by atoms with Crippen LogP contribution in [0.15, 0.2) is 78.9 Å². The van der Waals surface area contributed by atoms with Crippen LogP contribution in [-0.4, -0.2) is 44.8 Å². The molecule has 35 heavy (non-hydrogen) atoms. The summed E-state index contributed by atoms with van der Waals surface area (Å²) in [6.07, 6.45) is 1.50. The summed E-state index contributed by atoms with van der Waals surface area (Å²) in [4.78, 5) is 2.35. The van der Waals surface area contributed by atoms with E-state index >= 15 is 8.78 Å². The van der Waals surface area contributed by atoms with Gasteiger partial charge in [-0.1, -0.05) is 91.0 Å². The first-order valence-corrected chi connectivity index (χ1v) is 12.1. The van der Waals surface area contributed by atoms with Gasteiger partial charge in [0.25, 0.3) is 0 Å². The Bertz CT molecular complexity index is 1190. The molecule has 0 amide bonds. The van der Waals surface area contributed by atoms with Gasteiger partial charge >= 0.3 is 0 Å². The standard InChI is InChI=1S/C28H29F2N5/c1-2-28(19-29,23-15-9-14-22(26(23)30)18-25-31-33-34-32-25)24-16-17-35(24)27(20-10-5-3-6-11-20)21-12-7-4-8-13-21/h3-15,24,27H,2,16-19H2,1H3,(H,31,32,33,34). The molecule has 0 radical (unpaired) electrons. The van der Waals surface area contributed by atoms with Crippen molar-refractivity contribution in [2.45, 2.75) is 43.7 Å². The number of benzene rings is 3. The minimum Gasteiger partial charge on any atom is -0.288 e. The van der Waals surface area contributed by atoms with Crippen molar-refractivity contribution in [1.82, 2.24) is 25.5 Å². The lowest BCUT2D eigenvalue weighted by atomic mass is 9.67. The van der Waals surface area contributed by atoms with Crippen molar-refractivity contribution in [3.63, 3.8) is 0 Å². The van der Waals surface area contributed by atoms with Crippen LogP contribution in [0.2, 0.25) is 0 Å². The third-order valence-electron chi connectivity index (χ3n) is 7.48. The summed E-state index contributed by atoms with van der Waals surface area (Å²) in [6.45, 7) is 2.15. The lowest BCUT2D eigenvalue weighted by Gasteiger charge is -2.55. The molecule has 5 nitrogen and oxygen atoms in total. The quantitative estimate of drug-likeness (QED) is 0.353. The molecule has 1 aliphatic rings. The van der Waals surface area contributed by atoms with Crippen molar-refractivity contribution >= 4 is 0 Å². The Morgan fingerprint density at radius 1 is 1.00 bits per heavy atom. The van der Waals surface area contributed by atoms with Crippen LogP contribution in [0.1, 0.15) is 53.9 Å². The highest BCUT2D eigenvalue weighted by Crippen LogP contribution is 2.47. The molecule has 5 rings (SSSR count). The van der Waals surface area contributed by atoms with E-state index in [0.29, 0.717) is 23.4 Å². The fourth-order valence-electron chi connectivity index (χ4n) is 5.55. The van der Waals surface area contributed by atoms with Crippen LogP contribution in [0.4, 0.5) is 8.78 Å². The molecule has 1 fully saturated rings. The number of rotatable bonds is 9. The van der Waals surface area contributed by atoms with Gasteiger partial charge in [0, 0.05) is 24.4 Å². The van der Waals surface area contributed by atoms with Gasteiger partial charge < -0.3 is 0 Å². The van der Waals surface area contributed by atoms with Crippen LogP contribution in [0.5, 0.6) is 0 Å². The highest BCUT2D eigenvalue weighted by Gasteiger charge is 2.50. The van der Waals surface area contributed by atoms with Crippen molar-refractivity contribution < 1.29 is 8.78 Å². The second-order valence-electron chi connectivity index (χ2n) is 9.19. The molecule has 2 unspecified atom stereocenters. The molecule has 0 bridgehead atoms. The average molecular weight is 474 g/mol. The normalized spacial score (nSPS) is 17.8. The summed E-state index contributed by atoms with van der Waals surface area (Å²) in [6, 6.07) is 25.7. The first-order chi connectivity index (χ1) is 17.2. The number of hydrogen-bond acceptors (Lipinski definition) is 4. The van der Waals surface area contributed by atoms with E-state index in [4.69, 9.17) is 0 Å². The van der Waals surface area contributed by atoms with E-state index in [1.165, 1.54) is 0 Å². The van der Waals surface area contributed by atoms with E-state index in [0.717, 1.165) is 24.1 Å². The number of H-pyrrole nitrogens is 1. The summed E-state index contributed by atoms with van der Waals surface area (Å²) >= 11 is 0. The molecule has 1 aliphatic heterocycles. The fraction of sp³-hybridized carbons (Fsp3) is 0.321. The Labute approximate surface area is 204 Å². The van der Waals surface area contributed by atoms with Crippen molar-refractivity contribution in [2.75, 3.05) is 13.2 Å². The Kier molecular flexibility index (Phi) is 6.68. The summed E-state index contributed by atoms with van der Waals surface area (Å²) in [5.74, 6) is 0.0292. The smallest absolute Gasteiger partial charge is 0.179 e. The molecular weight excluding hydrogens is 444 g/mol. The molecule has 3 aromatic carbocycles. The van der Waals surface area contributed by atoms with E-state index in [2.05, 4.69) is 49.8 Å². The molecule has 7 heteroatoms. The SMILES string of the molecule is CCC(CF)(c1cccc(Cc2nn[nH]n2)c1F)C1CCN1C(c1ccccc1)c1ccccc1. The molecule has 0 spiro atoms. The summed E-state index contributed by atoms with van der Waals surface area (Å²) < 4.78 is 31.1. The topological polar surface area (TPSA) is 57.7 Å². The first-order valence-electron chi connectivity index (χ1n) is 12.1. The van der Waals surface area contributed by atoms with E-state index in [-0.39, 0.29) is 24.3 Å². The Morgan fingerprint density at radius 3 is 2.20 bits per heavy atom. The lowest BCUT2D eigenvalue weighted by molar-refractivity contribution is -0.0131. The Balaban J connectivity index is 1.55. The first kappa shape index (κ1) is 23.3. The van der Waals surface area contributed by atoms with Gasteiger partial charge in [0.05, 0.1) is 6.04 Å². The molecule has 1 aromatic heterocycles. The summed E-state index contributed by atoms with van der Waals surface area (Å²) in [7, 11) is 0. The third-order valence-corrected chi connectivity index (χ3v) is 7.48. The maximum absolute atomic E-state index is 16.0. The molecule has 1 saturated heterocycles. The van der Waals surface area contributed by atoms with Crippen LogP contribution in [-0.2, 0) is 11.8 Å². The number of nitrogens with zero attached hydrogens (tertiary/aromatic N) is 4. The number of aromatic amines is 1. The van der Waals surface area contributed by atoms with Crippen molar-refractivity contribution in [1.29, 1.82) is 0 Å². The predicted molar refractivity (Wildman–Crippen MR) is 131 cm³/mol. The minimum atomic E-state index is -0.961. The largest absolute Gasteiger partial charge is 0.288 e. The summed E-state index contributed by atoms with van der Waals surface area (Å²) in [5.41, 5.74) is 2.22. The maximum atomic E-state index is 16.0. The Hall–Kier alpha value is -3.45. The van der Waals surface area contributed by atoms with Gasteiger partial charge in [-0.25, -0.2) is 4.39 Å². The number of nitrogens with one attached hydrogen (secondary N) is 1. The third kappa shape index (κ3) is 4.25. The van der Waals surface area contributed by atoms with Crippen LogP contribution in [0.25, 0.3) is 0 Å². The molecule has 180 valence electrons. The van der Waals surface area contributed by atoms with Crippen molar-refractivity contribution in [3.05, 3.63) is 113 Å². The van der Waals surface area contributed by atoms with E-state index in [9.17, 15) is 0 Å². The molecular formula is C28H29F2N5. The molecule has 1 N–H and O–H groups in total. The molecule has 2 atom stereocenters. The monoisotopic (exact) mass is 473 g/mol. The Morgan fingerprint density at radius 2 is 1.69 bits per heavy atom. The van der Waals surface area contributed by atoms with E-state index < -0.39 is 12.1 Å². The van der Waals surface area contributed by atoms with Crippen molar-refractivity contribution in [2.24, 2.45) is 0 Å². The van der Waals surface area contributed by atoms with Gasteiger partial charge in [-0.2, -0.15) is 5.21 Å². The van der Waals surface area contributed by atoms with E-state index in [1.54, 1.807) is 12.1 Å². The number of halogens is 2. The van der Waals surface area contributed by atoms with Crippen LogP contribution < -0.4 is 0 Å². The number of hydrogen-bond donors (Lipinski definition) is 1. The number of likely N-dealkylation sites (tertiary alicyclic amines) is 1. The van der Waals surface area contributed by atoms with Gasteiger partial charge in [0.15, 0.2) is 5.82 Å². The van der Waals surface area contributed by atoms with Gasteiger partial charge in [-0.15, -0.1) is 10.2 Å². The number of alkyl halides is 1. The van der Waals surface area contributed by atoms with Crippen LogP contribution in [0.3, 0.4) is 0 Å². The fourth-order valence-corrected chi connectivity index (χ4v) is 5.55. The average Bonchev–Trinajstić information content (AvgIpc) is 3.40. The zero-order chi connectivity index (χ0) is 24.3. The second kappa shape index (κ2) is 10.0. The molecule has 2 heterocycles. The highest BCUT2D eigenvalue weighted by atomic mass is 19.1. The minimum absolute atomic E-state index is 0.0285. The van der Waals surface area contributed by atoms with Gasteiger partial charge in [0.2, 0.25) is 0 Å². The zero-order valence-electron chi connectivity index (χ0n) is 19.7. The molecule has 0 saturated carbocycles. The molecule has 4 aromatic rings. The predicted octanol–water partition coefficient (Wildman–Crippen LogP) is 5.41. The van der Waals surface area contributed by atoms with E-state index in [1.807, 2.05) is 49.4 Å². The number of aromatic nitrogens is 4. The summed E-state index contributed by atoms with van der Waals surface area (Å²) in [5, 5.41) is 13.9. The maximum Gasteiger partial charge on any atom is 0.179 e. The van der Waals surface area contributed by atoms with Crippen molar-refractivity contribution in [3.8, 4) is 0 Å². The number of tetrazole rings is 1.